The summed E-state index contributed by atoms with van der Waals surface area (Å²) in [5, 5.41) is 11.6. The summed E-state index contributed by atoms with van der Waals surface area (Å²) in [6.07, 6.45) is 0.303. The van der Waals surface area contributed by atoms with Gasteiger partial charge in [0, 0.05) is 30.6 Å². The Kier molecular flexibility index (Phi) is 5.24. The van der Waals surface area contributed by atoms with Gasteiger partial charge in [-0.1, -0.05) is 0 Å². The minimum atomic E-state index is -5.78. The molecule has 0 saturated carbocycles. The van der Waals surface area contributed by atoms with Gasteiger partial charge in [-0.15, -0.1) is 0 Å². The Balaban J connectivity index is 1.89. The Hall–Kier alpha value is -2.76. The second kappa shape index (κ2) is 7.25. The number of alkyl halides is 3. The van der Waals surface area contributed by atoms with Crippen LogP contribution in [0, 0.1) is 0 Å². The van der Waals surface area contributed by atoms with Gasteiger partial charge < -0.3 is 23.9 Å². The van der Waals surface area contributed by atoms with Crippen LogP contribution in [0.5, 0.6) is 5.75 Å². The number of benzene rings is 1. The highest BCUT2D eigenvalue weighted by molar-refractivity contribution is 7.88. The van der Waals surface area contributed by atoms with E-state index in [0.717, 1.165) is 12.1 Å². The van der Waals surface area contributed by atoms with Crippen molar-refractivity contribution < 1.29 is 35.7 Å². The molecular weight excluding hydrogens is 415 g/mol. The molecule has 1 aliphatic heterocycles. The summed E-state index contributed by atoms with van der Waals surface area (Å²) in [5.41, 5.74) is -4.49. The van der Waals surface area contributed by atoms with Gasteiger partial charge in [0.15, 0.2) is 0 Å². The van der Waals surface area contributed by atoms with Gasteiger partial charge in [0.2, 0.25) is 0 Å². The highest BCUT2D eigenvalue weighted by atomic mass is 32.2. The maximum atomic E-state index is 12.5. The number of rotatable bonds is 3. The van der Waals surface area contributed by atoms with E-state index in [0.29, 0.717) is 29.7 Å². The van der Waals surface area contributed by atoms with E-state index in [1.165, 1.54) is 11.0 Å². The fraction of sp³-hybridized carbons (Fsp3) is 0.412. The molecule has 2 atom stereocenters. The molecule has 1 aliphatic rings. The molecule has 1 fully saturated rings. The SMILES string of the molecule is C[C@@H]1CN(c2cnc3ccc(OS(=O)(=O)C(F)(F)F)cc3c2)C[C@H](C)N1C(=O)[O-]. The van der Waals surface area contributed by atoms with E-state index in [2.05, 4.69) is 9.17 Å². The number of aromatic nitrogens is 1. The Morgan fingerprint density at radius 3 is 2.38 bits per heavy atom. The zero-order valence-electron chi connectivity index (χ0n) is 15.4. The number of amides is 1. The van der Waals surface area contributed by atoms with Crippen molar-refractivity contribution in [2.24, 2.45) is 0 Å². The summed E-state index contributed by atoms with van der Waals surface area (Å²) in [6, 6.07) is 4.53. The number of halogens is 3. The highest BCUT2D eigenvalue weighted by Gasteiger charge is 2.48. The van der Waals surface area contributed by atoms with Gasteiger partial charge in [0.05, 0.1) is 17.4 Å². The third-order valence-electron chi connectivity index (χ3n) is 4.62. The van der Waals surface area contributed by atoms with Crippen LogP contribution in [0.2, 0.25) is 0 Å². The van der Waals surface area contributed by atoms with Crippen LogP contribution in [0.15, 0.2) is 30.5 Å². The van der Waals surface area contributed by atoms with Gasteiger partial charge in [-0.3, -0.25) is 4.98 Å². The number of anilines is 1. The van der Waals surface area contributed by atoms with Crippen LogP contribution in [0.4, 0.5) is 23.7 Å². The van der Waals surface area contributed by atoms with Gasteiger partial charge in [0.25, 0.3) is 0 Å². The van der Waals surface area contributed by atoms with Crippen LogP contribution in [0.3, 0.4) is 0 Å². The average molecular weight is 432 g/mol. The van der Waals surface area contributed by atoms with Crippen molar-refractivity contribution in [3.63, 3.8) is 0 Å². The van der Waals surface area contributed by atoms with Crippen molar-refractivity contribution in [3.8, 4) is 5.75 Å². The van der Waals surface area contributed by atoms with Crippen molar-refractivity contribution >= 4 is 32.8 Å². The van der Waals surface area contributed by atoms with E-state index in [1.807, 2.05) is 4.90 Å². The van der Waals surface area contributed by atoms with Crippen molar-refractivity contribution in [2.75, 3.05) is 18.0 Å². The molecule has 3 rings (SSSR count). The molecule has 1 aromatic carbocycles. The first-order chi connectivity index (χ1) is 13.4. The number of hydrogen-bond acceptors (Lipinski definition) is 7. The van der Waals surface area contributed by atoms with Gasteiger partial charge in [-0.2, -0.15) is 21.6 Å². The van der Waals surface area contributed by atoms with E-state index in [-0.39, 0.29) is 12.1 Å². The van der Waals surface area contributed by atoms with Crippen LogP contribution in [0.25, 0.3) is 10.9 Å². The van der Waals surface area contributed by atoms with Crippen LogP contribution in [-0.2, 0) is 10.1 Å². The Labute approximate surface area is 164 Å². The van der Waals surface area contributed by atoms with Crippen molar-refractivity contribution in [3.05, 3.63) is 30.5 Å². The minimum absolute atomic E-state index is 0.342. The van der Waals surface area contributed by atoms with E-state index >= 15 is 0 Å². The molecule has 0 bridgehead atoms. The first kappa shape index (κ1) is 21.0. The topological polar surface area (TPSA) is 103 Å². The number of carboxylic acid groups (broad SMARTS) is 1. The Morgan fingerprint density at radius 2 is 1.83 bits per heavy atom. The molecule has 158 valence electrons. The second-order valence-electron chi connectivity index (χ2n) is 6.81. The van der Waals surface area contributed by atoms with Crippen molar-refractivity contribution in [1.29, 1.82) is 0 Å². The summed E-state index contributed by atoms with van der Waals surface area (Å²) >= 11 is 0. The maximum Gasteiger partial charge on any atom is 0.534 e. The lowest BCUT2D eigenvalue weighted by molar-refractivity contribution is -0.270. The van der Waals surface area contributed by atoms with Crippen LogP contribution in [0.1, 0.15) is 13.8 Å². The molecule has 2 heterocycles. The average Bonchev–Trinajstić information content (AvgIpc) is 2.58. The standard InChI is InChI=1S/C17H18F3N3O5S/c1-10-8-22(9-11(2)23(10)16(24)25)13-5-12-6-14(3-4-15(12)21-7-13)28-29(26,27)17(18,19)20/h3-7,10-11H,8-9H2,1-2H3,(H,24,25)/p-1/t10-,11+. The number of nitrogens with zero attached hydrogens (tertiary/aromatic N) is 3. The predicted molar refractivity (Wildman–Crippen MR) is 95.7 cm³/mol. The van der Waals surface area contributed by atoms with E-state index in [9.17, 15) is 31.5 Å². The molecule has 2 aromatic rings. The number of fused-ring (bicyclic) bond motifs is 1. The molecule has 0 radical (unpaired) electrons. The Bertz CT molecular complexity index is 1030. The molecule has 12 heteroatoms. The molecule has 29 heavy (non-hydrogen) atoms. The summed E-state index contributed by atoms with van der Waals surface area (Å²) in [6.45, 7) is 4.20. The van der Waals surface area contributed by atoms with Crippen molar-refractivity contribution in [1.82, 2.24) is 9.88 Å². The van der Waals surface area contributed by atoms with Crippen LogP contribution >= 0.6 is 0 Å². The summed E-state index contributed by atoms with van der Waals surface area (Å²) < 4.78 is 64.1. The molecule has 0 aliphatic carbocycles. The molecule has 0 unspecified atom stereocenters. The fourth-order valence-electron chi connectivity index (χ4n) is 3.39. The van der Waals surface area contributed by atoms with E-state index in [1.54, 1.807) is 26.1 Å². The van der Waals surface area contributed by atoms with E-state index < -0.39 is 27.5 Å². The summed E-state index contributed by atoms with van der Waals surface area (Å²) in [4.78, 5) is 18.6. The zero-order chi connectivity index (χ0) is 21.6. The Morgan fingerprint density at radius 1 is 1.21 bits per heavy atom. The molecule has 8 nitrogen and oxygen atoms in total. The molecule has 1 amide bonds. The number of hydrogen-bond donors (Lipinski definition) is 0. The third kappa shape index (κ3) is 4.16. The van der Waals surface area contributed by atoms with Gasteiger partial charge in [-0.05, 0) is 38.1 Å². The number of carbonyl (C=O) groups excluding carboxylic acids is 1. The van der Waals surface area contributed by atoms with Crippen LogP contribution < -0.4 is 14.2 Å². The molecule has 0 N–H and O–H groups in total. The molecule has 1 aromatic heterocycles. The second-order valence-corrected chi connectivity index (χ2v) is 8.35. The summed E-state index contributed by atoms with van der Waals surface area (Å²) in [5.74, 6) is -0.489. The monoisotopic (exact) mass is 432 g/mol. The first-order valence-corrected chi connectivity index (χ1v) is 9.94. The number of pyridine rings is 1. The maximum absolute atomic E-state index is 12.5. The third-order valence-corrected chi connectivity index (χ3v) is 5.60. The lowest BCUT2D eigenvalue weighted by Gasteiger charge is -2.46. The fourth-order valence-corrected chi connectivity index (χ4v) is 3.84. The zero-order valence-corrected chi connectivity index (χ0v) is 16.2. The lowest BCUT2D eigenvalue weighted by atomic mass is 10.1. The molecule has 1 saturated heterocycles. The quantitative estimate of drug-likeness (QED) is 0.537. The smallest absolute Gasteiger partial charge is 0.530 e. The van der Waals surface area contributed by atoms with Crippen molar-refractivity contribution in [2.45, 2.75) is 31.4 Å². The van der Waals surface area contributed by atoms with Gasteiger partial charge in [-0.25, -0.2) is 0 Å². The highest BCUT2D eigenvalue weighted by Crippen LogP contribution is 2.30. The first-order valence-electron chi connectivity index (χ1n) is 8.54. The normalized spacial score (nSPS) is 20.7. The molecular formula is C17H17F3N3O5S-. The van der Waals surface area contributed by atoms with Gasteiger partial charge in [0.1, 0.15) is 11.8 Å². The van der Waals surface area contributed by atoms with Gasteiger partial charge >= 0.3 is 15.6 Å². The summed E-state index contributed by atoms with van der Waals surface area (Å²) in [7, 11) is -5.78. The number of carbonyl (C=O) groups is 1. The number of piperazine rings is 1. The van der Waals surface area contributed by atoms with E-state index in [4.69, 9.17) is 0 Å². The van der Waals surface area contributed by atoms with Crippen LogP contribution in [-0.4, -0.2) is 55.1 Å². The minimum Gasteiger partial charge on any atom is -0.530 e. The predicted octanol–water partition coefficient (Wildman–Crippen LogP) is 1.71. The molecule has 0 spiro atoms. The largest absolute Gasteiger partial charge is 0.534 e. The lowest BCUT2D eigenvalue weighted by Crippen LogP contribution is -2.61.